The molecule has 3 aliphatic heterocycles. The highest BCUT2D eigenvalue weighted by Gasteiger charge is 2.52. The number of esters is 1. The molecule has 0 aromatic heterocycles. The number of carbonyl (C=O) groups is 2. The Bertz CT molecular complexity index is 1570. The lowest BCUT2D eigenvalue weighted by molar-refractivity contribution is -0.338. The molecule has 0 aromatic carbocycles. The van der Waals surface area contributed by atoms with Gasteiger partial charge in [0.25, 0.3) is 0 Å². The van der Waals surface area contributed by atoms with E-state index in [1.807, 2.05) is 53.7 Å². The second-order valence-corrected chi connectivity index (χ2v) is 17.5. The summed E-state index contributed by atoms with van der Waals surface area (Å²) in [7, 11) is 2.81. The fraction of sp³-hybridized carbons (Fsp3) is 0.739. The number of primary amides is 1. The standard InChI is InChI=1S/C46H75NO14/c1-13-16-34-28(7)37(58-38-22-33(48)43(31(10)57-38)60-45(47)53)23-46(54,61-34)30(9)41(51)29(8)42-35(55-11)18-15-17-24(3)19-26(5)39(49)32(14-2)40(50)27(6)20-25(4)21-36(56-12)44(52)59-42/h13,15-18,20-21,26-35,37-43,48-51,54H,14,19,22-23H2,1-12H3,(H2,47,53)/b16-13+,18-15+,24-17+,25-20+,36-21-/t26-,27-,28-,29+,30+,31-,32+,33-,34-,35+,37-,38+,39+,40-,41-,42+,43-,46-/m1/s1. The van der Waals surface area contributed by atoms with Gasteiger partial charge in [-0.05, 0) is 52.5 Å². The molecular weight excluding hydrogens is 790 g/mol. The molecule has 61 heavy (non-hydrogen) atoms. The monoisotopic (exact) mass is 866 g/mol. The van der Waals surface area contributed by atoms with Crippen LogP contribution in [-0.4, -0.2) is 125 Å². The molecule has 0 saturated carbocycles. The van der Waals surface area contributed by atoms with Crippen LogP contribution in [0, 0.1) is 35.5 Å². The van der Waals surface area contributed by atoms with Gasteiger partial charge >= 0.3 is 12.1 Å². The van der Waals surface area contributed by atoms with Crippen LogP contribution in [0.5, 0.6) is 0 Å². The number of rotatable bonds is 11. The van der Waals surface area contributed by atoms with Crippen LogP contribution < -0.4 is 5.73 Å². The molecule has 0 spiro atoms. The van der Waals surface area contributed by atoms with Crippen LogP contribution in [0.4, 0.5) is 4.79 Å². The summed E-state index contributed by atoms with van der Waals surface area (Å²) < 4.78 is 41.4. The third-order valence-corrected chi connectivity index (χ3v) is 12.8. The topological polar surface area (TPSA) is 226 Å². The largest absolute Gasteiger partial charge is 0.490 e. The van der Waals surface area contributed by atoms with Crippen LogP contribution in [0.3, 0.4) is 0 Å². The van der Waals surface area contributed by atoms with Crippen LogP contribution in [0.1, 0.15) is 94.9 Å². The van der Waals surface area contributed by atoms with Gasteiger partial charge in [-0.2, -0.15) is 0 Å². The summed E-state index contributed by atoms with van der Waals surface area (Å²) >= 11 is 0. The van der Waals surface area contributed by atoms with Gasteiger partial charge in [0.15, 0.2) is 18.2 Å². The molecule has 0 aliphatic carbocycles. The maximum Gasteiger partial charge on any atom is 0.404 e. The minimum absolute atomic E-state index is 0.0313. The number of aliphatic hydroxyl groups is 5. The normalized spacial score (nSPS) is 42.2. The fourth-order valence-corrected chi connectivity index (χ4v) is 8.94. The molecule has 2 saturated heterocycles. The van der Waals surface area contributed by atoms with Gasteiger partial charge in [0.2, 0.25) is 5.76 Å². The Morgan fingerprint density at radius 3 is 2.34 bits per heavy atom. The van der Waals surface area contributed by atoms with E-state index in [9.17, 15) is 35.1 Å². The number of amides is 1. The predicted molar refractivity (Wildman–Crippen MR) is 228 cm³/mol. The van der Waals surface area contributed by atoms with E-state index in [0.717, 1.165) is 5.57 Å². The third-order valence-electron chi connectivity index (χ3n) is 12.8. The van der Waals surface area contributed by atoms with Crippen LogP contribution >= 0.6 is 0 Å². The summed E-state index contributed by atoms with van der Waals surface area (Å²) in [6, 6.07) is 0. The lowest BCUT2D eigenvalue weighted by atomic mass is 9.77. The minimum Gasteiger partial charge on any atom is -0.490 e. The van der Waals surface area contributed by atoms with Crippen molar-refractivity contribution in [3.8, 4) is 0 Å². The number of allylic oxidation sites excluding steroid dienone is 6. The number of cyclic esters (lactones) is 1. The van der Waals surface area contributed by atoms with E-state index in [1.165, 1.54) is 20.3 Å². The van der Waals surface area contributed by atoms with Crippen molar-refractivity contribution in [3.05, 3.63) is 59.4 Å². The molecule has 18 atom stereocenters. The van der Waals surface area contributed by atoms with Gasteiger partial charge in [-0.15, -0.1) is 0 Å². The number of aliphatic hydroxyl groups excluding tert-OH is 4. The van der Waals surface area contributed by atoms with Gasteiger partial charge in [0, 0.05) is 49.5 Å². The second kappa shape index (κ2) is 23.5. The Labute approximate surface area is 362 Å². The van der Waals surface area contributed by atoms with Gasteiger partial charge in [-0.3, -0.25) is 0 Å². The van der Waals surface area contributed by atoms with Crippen molar-refractivity contribution in [2.45, 2.75) is 168 Å². The Kier molecular flexibility index (Phi) is 20.1. The summed E-state index contributed by atoms with van der Waals surface area (Å²) in [6.07, 6.45) is 2.20. The zero-order valence-electron chi connectivity index (χ0n) is 38.2. The number of hydrogen-bond donors (Lipinski definition) is 6. The first-order valence-corrected chi connectivity index (χ1v) is 21.7. The van der Waals surface area contributed by atoms with Crippen molar-refractivity contribution in [1.82, 2.24) is 0 Å². The average Bonchev–Trinajstić information content (AvgIpc) is 3.19. The van der Waals surface area contributed by atoms with Gasteiger partial charge in [-0.25, -0.2) is 9.59 Å². The summed E-state index contributed by atoms with van der Waals surface area (Å²) in [6.45, 7) is 18.2. The van der Waals surface area contributed by atoms with Gasteiger partial charge in [-0.1, -0.05) is 89.1 Å². The van der Waals surface area contributed by atoms with Crippen molar-refractivity contribution >= 4 is 12.1 Å². The molecule has 0 radical (unpaired) electrons. The summed E-state index contributed by atoms with van der Waals surface area (Å²) in [5.41, 5.74) is 6.78. The maximum atomic E-state index is 13.9. The Morgan fingerprint density at radius 2 is 1.77 bits per heavy atom. The maximum absolute atomic E-state index is 13.9. The van der Waals surface area contributed by atoms with Crippen molar-refractivity contribution in [2.75, 3.05) is 14.2 Å². The van der Waals surface area contributed by atoms with Crippen LogP contribution in [0.15, 0.2) is 59.4 Å². The molecule has 15 heteroatoms. The molecule has 7 N–H and O–H groups in total. The SMILES string of the molecule is C/C=C/[C@H]1O[C@@](O)([C@@H](C)[C@H](O)[C@H](C)[C@@H]2OC(=O)/C(OC)=C/C(C)=C/[C@@H](C)[C@@H](O)[C@@H](CC)[C@@H](O)[C@H](C)C/C(C)=C/C=C/[C@@H]2OC)C[C@@H](O[C@H]2C[C@@H](O)[C@H](OC(N)=O)[C@@H](C)O2)[C@@H]1C. The molecule has 0 unspecified atom stereocenters. The van der Waals surface area contributed by atoms with Crippen LogP contribution in [-0.2, 0) is 38.0 Å². The highest BCUT2D eigenvalue weighted by Crippen LogP contribution is 2.42. The summed E-state index contributed by atoms with van der Waals surface area (Å²) in [5.74, 6) is -6.00. The van der Waals surface area contributed by atoms with Crippen molar-refractivity contribution < 1.29 is 68.3 Å². The molecule has 2 fully saturated rings. The Morgan fingerprint density at radius 1 is 1.10 bits per heavy atom. The van der Waals surface area contributed by atoms with E-state index in [2.05, 4.69) is 0 Å². The zero-order valence-corrected chi connectivity index (χ0v) is 38.2. The molecule has 348 valence electrons. The predicted octanol–water partition coefficient (Wildman–Crippen LogP) is 4.98. The van der Waals surface area contributed by atoms with E-state index < -0.39 is 97.0 Å². The number of nitrogens with two attached hydrogens (primary N) is 1. The van der Waals surface area contributed by atoms with Crippen molar-refractivity contribution in [3.63, 3.8) is 0 Å². The lowest BCUT2D eigenvalue weighted by Crippen LogP contribution is -2.59. The zero-order chi connectivity index (χ0) is 45.9. The average molecular weight is 866 g/mol. The van der Waals surface area contributed by atoms with Crippen LogP contribution in [0.25, 0.3) is 0 Å². The smallest absolute Gasteiger partial charge is 0.404 e. The Balaban J connectivity index is 2.00. The van der Waals surface area contributed by atoms with Gasteiger partial charge in [0.05, 0.1) is 49.8 Å². The van der Waals surface area contributed by atoms with Crippen molar-refractivity contribution in [2.24, 2.45) is 41.2 Å². The highest BCUT2D eigenvalue weighted by atomic mass is 16.7. The molecular formula is C46H75NO14. The van der Waals surface area contributed by atoms with E-state index in [0.29, 0.717) is 18.4 Å². The lowest BCUT2D eigenvalue weighted by Gasteiger charge is -2.49. The molecule has 3 heterocycles. The number of carbonyl (C=O) groups excluding carboxylic acids is 2. The molecule has 15 nitrogen and oxygen atoms in total. The number of ether oxygens (including phenoxy) is 7. The van der Waals surface area contributed by atoms with E-state index in [-0.39, 0.29) is 42.3 Å². The first kappa shape index (κ1) is 52.2. The number of hydrogen-bond acceptors (Lipinski definition) is 14. The van der Waals surface area contributed by atoms with Crippen molar-refractivity contribution in [1.29, 1.82) is 0 Å². The van der Waals surface area contributed by atoms with Gasteiger partial charge in [0.1, 0.15) is 12.2 Å². The van der Waals surface area contributed by atoms with Crippen LogP contribution in [0.2, 0.25) is 0 Å². The van der Waals surface area contributed by atoms with Gasteiger partial charge < -0.3 is 64.4 Å². The van der Waals surface area contributed by atoms with E-state index >= 15 is 0 Å². The number of methoxy groups -OCH3 is 2. The third kappa shape index (κ3) is 13.7. The van der Waals surface area contributed by atoms with E-state index in [1.54, 1.807) is 52.0 Å². The molecule has 0 aromatic rings. The first-order valence-electron chi connectivity index (χ1n) is 21.7. The minimum atomic E-state index is -1.97. The highest BCUT2D eigenvalue weighted by molar-refractivity contribution is 5.87. The molecule has 0 bridgehead atoms. The molecule has 1 amide bonds. The fourth-order valence-electron chi connectivity index (χ4n) is 8.94. The first-order chi connectivity index (χ1) is 28.6. The second-order valence-electron chi connectivity index (χ2n) is 17.5. The Hall–Kier alpha value is -3.12. The van der Waals surface area contributed by atoms with E-state index in [4.69, 9.17) is 38.9 Å². The summed E-state index contributed by atoms with van der Waals surface area (Å²) in [4.78, 5) is 25.4. The summed E-state index contributed by atoms with van der Waals surface area (Å²) in [5, 5.41) is 58.0. The quantitative estimate of drug-likeness (QED) is 0.119. The molecule has 3 rings (SSSR count). The molecule has 3 aliphatic rings.